The predicted octanol–water partition coefficient (Wildman–Crippen LogP) is 3.53. The third kappa shape index (κ3) is 2.07. The molecule has 1 aromatic carbocycles. The quantitative estimate of drug-likeness (QED) is 0.873. The normalized spacial score (nSPS) is 19.2. The van der Waals surface area contributed by atoms with Crippen LogP contribution in [-0.4, -0.2) is 5.91 Å². The van der Waals surface area contributed by atoms with Gasteiger partial charge in [0, 0.05) is 10.2 Å². The summed E-state index contributed by atoms with van der Waals surface area (Å²) >= 11 is 3.44. The zero-order valence-electron chi connectivity index (χ0n) is 8.88. The van der Waals surface area contributed by atoms with E-state index in [1.807, 2.05) is 18.2 Å². The molecule has 0 radical (unpaired) electrons. The minimum Gasteiger partial charge on any atom is -0.325 e. The van der Waals surface area contributed by atoms with Crippen molar-refractivity contribution in [2.24, 2.45) is 5.92 Å². The van der Waals surface area contributed by atoms with E-state index in [1.54, 1.807) is 0 Å². The zero-order chi connectivity index (χ0) is 11.0. The fourth-order valence-corrected chi connectivity index (χ4v) is 2.38. The zero-order valence-corrected chi connectivity index (χ0v) is 10.5. The molecule has 0 saturated heterocycles. The van der Waals surface area contributed by atoms with Crippen LogP contribution in [0, 0.1) is 5.92 Å². The van der Waals surface area contributed by atoms with Gasteiger partial charge in [0.1, 0.15) is 0 Å². The molecule has 1 aliphatic rings. The highest BCUT2D eigenvalue weighted by Crippen LogP contribution is 2.37. The summed E-state index contributed by atoms with van der Waals surface area (Å²) in [6.07, 6.45) is 0.912. The monoisotopic (exact) mass is 267 g/mol. The van der Waals surface area contributed by atoms with Gasteiger partial charge in [0.15, 0.2) is 0 Å². The Hall–Kier alpha value is -0.830. The summed E-state index contributed by atoms with van der Waals surface area (Å²) in [5.41, 5.74) is 2.09. The summed E-state index contributed by atoms with van der Waals surface area (Å²) in [7, 11) is 0. The van der Waals surface area contributed by atoms with E-state index < -0.39 is 0 Å². The van der Waals surface area contributed by atoms with Crippen molar-refractivity contribution in [2.75, 3.05) is 5.32 Å². The lowest BCUT2D eigenvalue weighted by molar-refractivity contribution is -0.117. The molecular weight excluding hydrogens is 254 g/mol. The van der Waals surface area contributed by atoms with Gasteiger partial charge >= 0.3 is 0 Å². The molecule has 80 valence electrons. The van der Waals surface area contributed by atoms with Gasteiger partial charge in [-0.25, -0.2) is 0 Å². The van der Waals surface area contributed by atoms with E-state index in [4.69, 9.17) is 0 Å². The summed E-state index contributed by atoms with van der Waals surface area (Å²) in [5, 5.41) is 2.92. The van der Waals surface area contributed by atoms with E-state index in [2.05, 4.69) is 35.1 Å². The Morgan fingerprint density at radius 3 is 2.87 bits per heavy atom. The van der Waals surface area contributed by atoms with Gasteiger partial charge in [-0.15, -0.1) is 0 Å². The van der Waals surface area contributed by atoms with E-state index in [9.17, 15) is 4.79 Å². The SMILES string of the molecule is CC(C)CC1C(=O)Nc2ccc(Br)cc21. The number of halogens is 1. The summed E-state index contributed by atoms with van der Waals surface area (Å²) in [4.78, 5) is 11.8. The van der Waals surface area contributed by atoms with Crippen molar-refractivity contribution < 1.29 is 4.79 Å². The van der Waals surface area contributed by atoms with E-state index in [0.717, 1.165) is 22.1 Å². The highest BCUT2D eigenvalue weighted by molar-refractivity contribution is 9.10. The molecule has 1 atom stereocenters. The lowest BCUT2D eigenvalue weighted by Crippen LogP contribution is -2.13. The smallest absolute Gasteiger partial charge is 0.232 e. The summed E-state index contributed by atoms with van der Waals surface area (Å²) in [6.45, 7) is 4.28. The Kier molecular flexibility index (Phi) is 2.83. The second kappa shape index (κ2) is 3.97. The predicted molar refractivity (Wildman–Crippen MR) is 65.0 cm³/mol. The van der Waals surface area contributed by atoms with Crippen molar-refractivity contribution in [3.63, 3.8) is 0 Å². The van der Waals surface area contributed by atoms with Crippen LogP contribution in [0.4, 0.5) is 5.69 Å². The van der Waals surface area contributed by atoms with Gasteiger partial charge in [-0.1, -0.05) is 29.8 Å². The van der Waals surface area contributed by atoms with Crippen LogP contribution in [0.2, 0.25) is 0 Å². The van der Waals surface area contributed by atoms with Crippen LogP contribution < -0.4 is 5.32 Å². The van der Waals surface area contributed by atoms with Crippen molar-refractivity contribution in [2.45, 2.75) is 26.2 Å². The molecule has 1 aromatic rings. The van der Waals surface area contributed by atoms with Gasteiger partial charge in [-0.05, 0) is 36.1 Å². The second-order valence-electron chi connectivity index (χ2n) is 4.40. The van der Waals surface area contributed by atoms with Crippen LogP contribution >= 0.6 is 15.9 Å². The summed E-state index contributed by atoms with van der Waals surface area (Å²) < 4.78 is 1.03. The lowest BCUT2D eigenvalue weighted by Gasteiger charge is -2.11. The number of anilines is 1. The number of carbonyl (C=O) groups excluding carboxylic acids is 1. The third-order valence-corrected chi connectivity index (χ3v) is 3.16. The van der Waals surface area contributed by atoms with E-state index in [1.165, 1.54) is 0 Å². The first kappa shape index (κ1) is 10.7. The molecule has 0 saturated carbocycles. The molecule has 1 N–H and O–H groups in total. The number of amides is 1. The fraction of sp³-hybridized carbons (Fsp3) is 0.417. The Labute approximate surface area is 98.2 Å². The number of hydrogen-bond acceptors (Lipinski definition) is 1. The van der Waals surface area contributed by atoms with E-state index >= 15 is 0 Å². The Bertz CT molecular complexity index is 401. The number of benzene rings is 1. The maximum atomic E-state index is 11.8. The highest BCUT2D eigenvalue weighted by atomic mass is 79.9. The third-order valence-electron chi connectivity index (χ3n) is 2.67. The molecular formula is C12H14BrNO. The van der Waals surface area contributed by atoms with Gasteiger partial charge in [0.2, 0.25) is 5.91 Å². The molecule has 1 amide bonds. The summed E-state index contributed by atoms with van der Waals surface area (Å²) in [5.74, 6) is 0.694. The molecule has 15 heavy (non-hydrogen) atoms. The van der Waals surface area contributed by atoms with Crippen LogP contribution in [0.5, 0.6) is 0 Å². The fourth-order valence-electron chi connectivity index (χ4n) is 2.00. The lowest BCUT2D eigenvalue weighted by atomic mass is 9.92. The van der Waals surface area contributed by atoms with Crippen molar-refractivity contribution in [1.29, 1.82) is 0 Å². The molecule has 0 spiro atoms. The number of nitrogens with one attached hydrogen (secondary N) is 1. The first-order valence-corrected chi connectivity index (χ1v) is 5.97. The molecule has 0 aliphatic carbocycles. The van der Waals surface area contributed by atoms with Gasteiger partial charge < -0.3 is 5.32 Å². The number of fused-ring (bicyclic) bond motifs is 1. The Morgan fingerprint density at radius 1 is 1.47 bits per heavy atom. The van der Waals surface area contributed by atoms with Crippen molar-refractivity contribution in [3.8, 4) is 0 Å². The summed E-state index contributed by atoms with van der Waals surface area (Å²) in [6, 6.07) is 5.95. The minimum atomic E-state index is 0.0255. The first-order valence-electron chi connectivity index (χ1n) is 5.18. The van der Waals surface area contributed by atoms with Gasteiger partial charge in [0.25, 0.3) is 0 Å². The molecule has 0 aromatic heterocycles. The van der Waals surface area contributed by atoms with Gasteiger partial charge in [-0.3, -0.25) is 4.79 Å². The van der Waals surface area contributed by atoms with Crippen LogP contribution in [0.15, 0.2) is 22.7 Å². The average Bonchev–Trinajstić information content (AvgIpc) is 2.43. The Balaban J connectivity index is 2.35. The number of hydrogen-bond donors (Lipinski definition) is 1. The van der Waals surface area contributed by atoms with Crippen LogP contribution in [-0.2, 0) is 4.79 Å². The number of carbonyl (C=O) groups is 1. The molecule has 1 heterocycles. The van der Waals surface area contributed by atoms with Crippen LogP contribution in [0.25, 0.3) is 0 Å². The second-order valence-corrected chi connectivity index (χ2v) is 5.32. The minimum absolute atomic E-state index is 0.0255. The van der Waals surface area contributed by atoms with Crippen LogP contribution in [0.1, 0.15) is 31.7 Å². The van der Waals surface area contributed by atoms with Crippen molar-refractivity contribution >= 4 is 27.5 Å². The van der Waals surface area contributed by atoms with Gasteiger partial charge in [0.05, 0.1) is 5.92 Å². The highest BCUT2D eigenvalue weighted by Gasteiger charge is 2.30. The molecule has 0 bridgehead atoms. The van der Waals surface area contributed by atoms with Crippen molar-refractivity contribution in [1.82, 2.24) is 0 Å². The van der Waals surface area contributed by atoms with Crippen molar-refractivity contribution in [3.05, 3.63) is 28.2 Å². The molecule has 0 fully saturated rings. The molecule has 1 aliphatic heterocycles. The topological polar surface area (TPSA) is 29.1 Å². The number of rotatable bonds is 2. The maximum Gasteiger partial charge on any atom is 0.232 e. The molecule has 2 rings (SSSR count). The van der Waals surface area contributed by atoms with E-state index in [-0.39, 0.29) is 11.8 Å². The molecule has 2 nitrogen and oxygen atoms in total. The van der Waals surface area contributed by atoms with Crippen LogP contribution in [0.3, 0.4) is 0 Å². The molecule has 3 heteroatoms. The van der Waals surface area contributed by atoms with E-state index in [0.29, 0.717) is 5.92 Å². The molecule has 1 unspecified atom stereocenters. The standard InChI is InChI=1S/C12H14BrNO/c1-7(2)5-10-9-6-8(13)3-4-11(9)14-12(10)15/h3-4,6-7,10H,5H2,1-2H3,(H,14,15). The largest absolute Gasteiger partial charge is 0.325 e. The maximum absolute atomic E-state index is 11.8. The Morgan fingerprint density at radius 2 is 2.20 bits per heavy atom. The average molecular weight is 268 g/mol. The first-order chi connectivity index (χ1) is 7.08. The van der Waals surface area contributed by atoms with Gasteiger partial charge in [-0.2, -0.15) is 0 Å².